The highest BCUT2D eigenvalue weighted by Crippen LogP contribution is 2.23. The van der Waals surface area contributed by atoms with E-state index < -0.39 is 0 Å². The van der Waals surface area contributed by atoms with Gasteiger partial charge in [0.05, 0.1) is 13.1 Å². The third-order valence-electron chi connectivity index (χ3n) is 5.37. The number of fused-ring (bicyclic) bond motifs is 1. The first-order valence-corrected chi connectivity index (χ1v) is 11.5. The first-order chi connectivity index (χ1) is 14.8. The van der Waals surface area contributed by atoms with Crippen molar-refractivity contribution in [2.75, 3.05) is 26.2 Å². The molecule has 3 heterocycles. The van der Waals surface area contributed by atoms with E-state index in [1.807, 2.05) is 34.5 Å². The molecule has 0 atom stereocenters. The topological polar surface area (TPSA) is 57.5 Å². The molecule has 0 aliphatic carbocycles. The standard InChI is InChI=1S/C23H30N6S.HI/c1-2-24-23(25-11-14-28-13-8-22-21(17-28)9-15-30-22)26-16-19-6-3-4-7-20(19)18-29-12-5-10-27-29;/h3-7,9-10,12,15H,2,8,11,13-14,16-18H2,1H3,(H2,24,25,26);1H. The number of guanidine groups is 1. The monoisotopic (exact) mass is 550 g/mol. The molecule has 1 aliphatic heterocycles. The van der Waals surface area contributed by atoms with E-state index in [2.05, 4.69) is 63.3 Å². The highest BCUT2D eigenvalue weighted by Gasteiger charge is 2.16. The highest BCUT2D eigenvalue weighted by molar-refractivity contribution is 14.0. The van der Waals surface area contributed by atoms with Crippen molar-refractivity contribution < 1.29 is 0 Å². The van der Waals surface area contributed by atoms with Crippen LogP contribution in [0.1, 0.15) is 28.5 Å². The van der Waals surface area contributed by atoms with Crippen LogP contribution in [0, 0.1) is 0 Å². The van der Waals surface area contributed by atoms with Crippen molar-refractivity contribution in [3.8, 4) is 0 Å². The number of halogens is 1. The quantitative estimate of drug-likeness (QED) is 0.255. The van der Waals surface area contributed by atoms with Gasteiger partial charge in [0.15, 0.2) is 5.96 Å². The number of nitrogens with zero attached hydrogens (tertiary/aromatic N) is 4. The Bertz CT molecular complexity index is 953. The van der Waals surface area contributed by atoms with E-state index in [-0.39, 0.29) is 24.0 Å². The van der Waals surface area contributed by atoms with E-state index in [1.54, 1.807) is 4.88 Å². The number of hydrogen-bond donors (Lipinski definition) is 2. The van der Waals surface area contributed by atoms with Crippen molar-refractivity contribution >= 4 is 41.3 Å². The Morgan fingerprint density at radius 3 is 2.84 bits per heavy atom. The average molecular weight is 551 g/mol. The van der Waals surface area contributed by atoms with Gasteiger partial charge >= 0.3 is 0 Å². The van der Waals surface area contributed by atoms with Crippen LogP contribution in [0.2, 0.25) is 0 Å². The second kappa shape index (κ2) is 12.2. The maximum absolute atomic E-state index is 4.83. The highest BCUT2D eigenvalue weighted by atomic mass is 127. The number of benzene rings is 1. The summed E-state index contributed by atoms with van der Waals surface area (Å²) in [6.45, 7) is 8.49. The predicted octanol–water partition coefficient (Wildman–Crippen LogP) is 3.72. The van der Waals surface area contributed by atoms with Gasteiger partial charge in [0.2, 0.25) is 0 Å². The van der Waals surface area contributed by atoms with Crippen LogP contribution in [0.25, 0.3) is 0 Å². The van der Waals surface area contributed by atoms with Crippen molar-refractivity contribution in [3.05, 3.63) is 75.7 Å². The van der Waals surface area contributed by atoms with Gasteiger partial charge in [0.1, 0.15) is 0 Å². The van der Waals surface area contributed by atoms with Crippen molar-refractivity contribution in [1.82, 2.24) is 25.3 Å². The van der Waals surface area contributed by atoms with Crippen LogP contribution >= 0.6 is 35.3 Å². The van der Waals surface area contributed by atoms with E-state index in [0.29, 0.717) is 6.54 Å². The minimum atomic E-state index is 0. The Balaban J connectivity index is 0.00000272. The van der Waals surface area contributed by atoms with Gasteiger partial charge in [-0.3, -0.25) is 9.58 Å². The first kappa shape index (κ1) is 23.7. The van der Waals surface area contributed by atoms with Crippen LogP contribution in [-0.2, 0) is 26.1 Å². The van der Waals surface area contributed by atoms with E-state index in [1.165, 1.54) is 23.1 Å². The smallest absolute Gasteiger partial charge is 0.191 e. The molecule has 0 saturated heterocycles. The lowest BCUT2D eigenvalue weighted by Crippen LogP contribution is -2.42. The normalized spacial score (nSPS) is 14.0. The molecular weight excluding hydrogens is 519 g/mol. The Labute approximate surface area is 205 Å². The number of thiophene rings is 1. The van der Waals surface area contributed by atoms with Gasteiger partial charge in [0, 0.05) is 50.0 Å². The third kappa shape index (κ3) is 6.78. The molecule has 0 bridgehead atoms. The summed E-state index contributed by atoms with van der Waals surface area (Å²) in [4.78, 5) is 8.91. The van der Waals surface area contributed by atoms with Crippen LogP contribution in [0.4, 0.5) is 0 Å². The predicted molar refractivity (Wildman–Crippen MR) is 139 cm³/mol. The Hall–Kier alpha value is -1.91. The van der Waals surface area contributed by atoms with Crippen molar-refractivity contribution in [3.63, 3.8) is 0 Å². The Kier molecular flexibility index (Phi) is 9.35. The fourth-order valence-electron chi connectivity index (χ4n) is 3.77. The molecule has 0 saturated carbocycles. The molecule has 4 rings (SSSR count). The third-order valence-corrected chi connectivity index (χ3v) is 6.39. The molecule has 166 valence electrons. The molecule has 0 unspecified atom stereocenters. The summed E-state index contributed by atoms with van der Waals surface area (Å²) in [6.07, 6.45) is 4.98. The number of nitrogens with one attached hydrogen (secondary N) is 2. The molecule has 6 nitrogen and oxygen atoms in total. The van der Waals surface area contributed by atoms with Gasteiger partial charge in [-0.05, 0) is 47.5 Å². The summed E-state index contributed by atoms with van der Waals surface area (Å²) < 4.78 is 1.95. The Morgan fingerprint density at radius 2 is 2.03 bits per heavy atom. The van der Waals surface area contributed by atoms with Crippen LogP contribution < -0.4 is 10.6 Å². The molecule has 0 amide bonds. The zero-order valence-corrected chi connectivity index (χ0v) is 21.1. The van der Waals surface area contributed by atoms with Crippen molar-refractivity contribution in [1.29, 1.82) is 0 Å². The summed E-state index contributed by atoms with van der Waals surface area (Å²) in [7, 11) is 0. The minimum Gasteiger partial charge on any atom is -0.357 e. The molecule has 1 aromatic carbocycles. The number of hydrogen-bond acceptors (Lipinski definition) is 4. The van der Waals surface area contributed by atoms with Crippen LogP contribution in [-0.4, -0.2) is 46.8 Å². The van der Waals surface area contributed by atoms with Crippen LogP contribution in [0.15, 0.2) is 59.2 Å². The Morgan fingerprint density at radius 1 is 1.16 bits per heavy atom. The van der Waals surface area contributed by atoms with Gasteiger partial charge in [-0.2, -0.15) is 5.10 Å². The molecule has 1 aliphatic rings. The molecular formula is C23H31IN6S. The molecule has 0 spiro atoms. The average Bonchev–Trinajstić information content (AvgIpc) is 3.44. The summed E-state index contributed by atoms with van der Waals surface area (Å²) in [5.74, 6) is 0.875. The van der Waals surface area contributed by atoms with E-state index in [0.717, 1.165) is 45.2 Å². The lowest BCUT2D eigenvalue weighted by molar-refractivity contribution is 0.260. The fourth-order valence-corrected chi connectivity index (χ4v) is 4.66. The number of aromatic nitrogens is 2. The fraction of sp³-hybridized carbons (Fsp3) is 0.391. The maximum atomic E-state index is 4.83. The number of aliphatic imine (C=N–C) groups is 1. The zero-order chi connectivity index (χ0) is 20.6. The first-order valence-electron chi connectivity index (χ1n) is 10.7. The molecule has 3 aromatic rings. The lowest BCUT2D eigenvalue weighted by Gasteiger charge is -2.27. The van der Waals surface area contributed by atoms with E-state index in [9.17, 15) is 0 Å². The van der Waals surface area contributed by atoms with Gasteiger partial charge in [0.25, 0.3) is 0 Å². The molecule has 2 aromatic heterocycles. The van der Waals surface area contributed by atoms with Gasteiger partial charge in [-0.15, -0.1) is 35.3 Å². The van der Waals surface area contributed by atoms with E-state index in [4.69, 9.17) is 4.99 Å². The largest absolute Gasteiger partial charge is 0.357 e. The lowest BCUT2D eigenvalue weighted by atomic mass is 10.1. The summed E-state index contributed by atoms with van der Waals surface area (Å²) >= 11 is 1.89. The molecule has 8 heteroatoms. The molecule has 2 N–H and O–H groups in total. The van der Waals surface area contributed by atoms with Crippen LogP contribution in [0.3, 0.4) is 0 Å². The van der Waals surface area contributed by atoms with E-state index >= 15 is 0 Å². The summed E-state index contributed by atoms with van der Waals surface area (Å²) in [6, 6.07) is 12.7. The SMILES string of the molecule is CCNC(=NCc1ccccc1Cn1cccn1)NCCN1CCc2sccc2C1.I. The zero-order valence-electron chi connectivity index (χ0n) is 18.0. The maximum Gasteiger partial charge on any atom is 0.191 e. The van der Waals surface area contributed by atoms with Crippen molar-refractivity contribution in [2.45, 2.75) is 33.0 Å². The molecule has 0 fully saturated rings. The van der Waals surface area contributed by atoms with Crippen LogP contribution in [0.5, 0.6) is 0 Å². The summed E-state index contributed by atoms with van der Waals surface area (Å²) in [5, 5.41) is 13.4. The minimum absolute atomic E-state index is 0. The second-order valence-electron chi connectivity index (χ2n) is 7.49. The van der Waals surface area contributed by atoms with Crippen molar-refractivity contribution in [2.24, 2.45) is 4.99 Å². The van der Waals surface area contributed by atoms with Gasteiger partial charge in [-0.25, -0.2) is 4.99 Å². The second-order valence-corrected chi connectivity index (χ2v) is 8.49. The molecule has 31 heavy (non-hydrogen) atoms. The molecule has 0 radical (unpaired) electrons. The van der Waals surface area contributed by atoms with Gasteiger partial charge < -0.3 is 10.6 Å². The van der Waals surface area contributed by atoms with Gasteiger partial charge in [-0.1, -0.05) is 24.3 Å². The summed E-state index contributed by atoms with van der Waals surface area (Å²) in [5.41, 5.74) is 3.98. The number of rotatable bonds is 8.